The molecule has 5 nitrogen and oxygen atoms in total. The van der Waals surface area contributed by atoms with E-state index < -0.39 is 0 Å². The number of amides is 1. The molecule has 4 N–H and O–H groups in total. The molecule has 1 aliphatic rings. The summed E-state index contributed by atoms with van der Waals surface area (Å²) in [6.07, 6.45) is 3.83. The number of halogens is 1. The molecular weight excluding hydrogens is 367 g/mol. The minimum absolute atomic E-state index is 0. The van der Waals surface area contributed by atoms with Crippen LogP contribution in [0.5, 0.6) is 0 Å². The number of rotatable bonds is 5. The topological polar surface area (TPSA) is 79.5 Å². The molecule has 1 fully saturated rings. The van der Waals surface area contributed by atoms with E-state index in [1.54, 1.807) is 0 Å². The number of nitrogens with zero attached hydrogens (tertiary/aromatic N) is 1. The first kappa shape index (κ1) is 16.7. The van der Waals surface area contributed by atoms with Gasteiger partial charge in [-0.15, -0.1) is 24.0 Å². The van der Waals surface area contributed by atoms with Crippen LogP contribution in [-0.2, 0) is 4.79 Å². The van der Waals surface area contributed by atoms with Crippen molar-refractivity contribution in [3.05, 3.63) is 30.3 Å². The van der Waals surface area contributed by atoms with E-state index in [0.717, 1.165) is 12.2 Å². The fourth-order valence-corrected chi connectivity index (χ4v) is 1.88. The third-order valence-electron chi connectivity index (χ3n) is 3.25. The van der Waals surface area contributed by atoms with Crippen LogP contribution in [-0.4, -0.2) is 25.0 Å². The molecule has 20 heavy (non-hydrogen) atoms. The van der Waals surface area contributed by atoms with E-state index in [2.05, 4.69) is 15.6 Å². The van der Waals surface area contributed by atoms with E-state index in [1.165, 1.54) is 19.3 Å². The lowest BCUT2D eigenvalue weighted by molar-refractivity contribution is -0.114. The summed E-state index contributed by atoms with van der Waals surface area (Å²) in [6.45, 7) is 0.897. The number of carbonyl (C=O) groups excluding carboxylic acids is 1. The van der Waals surface area contributed by atoms with Crippen LogP contribution >= 0.6 is 24.0 Å². The Hall–Kier alpha value is -1.31. The molecule has 110 valence electrons. The molecule has 1 aromatic rings. The first-order valence-electron chi connectivity index (χ1n) is 6.63. The highest BCUT2D eigenvalue weighted by Gasteiger charge is 2.16. The van der Waals surface area contributed by atoms with Crippen molar-refractivity contribution in [2.75, 3.05) is 18.4 Å². The smallest absolute Gasteiger partial charge is 0.246 e. The second-order valence-corrected chi connectivity index (χ2v) is 4.79. The number of para-hydroxylation sites is 1. The van der Waals surface area contributed by atoms with Gasteiger partial charge < -0.3 is 16.4 Å². The maximum atomic E-state index is 11.6. The van der Waals surface area contributed by atoms with Crippen LogP contribution in [0.3, 0.4) is 0 Å². The van der Waals surface area contributed by atoms with Gasteiger partial charge >= 0.3 is 0 Å². The van der Waals surface area contributed by atoms with E-state index in [-0.39, 0.29) is 36.4 Å². The van der Waals surface area contributed by atoms with Crippen LogP contribution in [0.15, 0.2) is 35.3 Å². The number of carbonyl (C=O) groups is 1. The van der Waals surface area contributed by atoms with E-state index in [0.29, 0.717) is 11.9 Å². The summed E-state index contributed by atoms with van der Waals surface area (Å²) in [5.74, 6) is 0.890. The molecule has 0 bridgehead atoms. The largest absolute Gasteiger partial charge is 0.370 e. The lowest BCUT2D eigenvalue weighted by Crippen LogP contribution is -2.37. The van der Waals surface area contributed by atoms with Crippen LogP contribution in [0.4, 0.5) is 5.69 Å². The average molecular weight is 388 g/mol. The Kier molecular flexibility index (Phi) is 7.35. The van der Waals surface area contributed by atoms with Gasteiger partial charge in [0.2, 0.25) is 5.91 Å². The number of hydrogen-bond donors (Lipinski definition) is 3. The zero-order valence-electron chi connectivity index (χ0n) is 11.3. The number of nitrogens with two attached hydrogens (primary N) is 1. The van der Waals surface area contributed by atoms with Crippen LogP contribution in [0, 0.1) is 5.92 Å². The molecule has 0 saturated heterocycles. The first-order chi connectivity index (χ1) is 9.24. The highest BCUT2D eigenvalue weighted by Crippen LogP contribution is 2.24. The van der Waals surface area contributed by atoms with E-state index >= 15 is 0 Å². The number of nitrogens with one attached hydrogen (secondary N) is 2. The molecule has 6 heteroatoms. The molecule has 0 atom stereocenters. The highest BCUT2D eigenvalue weighted by atomic mass is 127. The van der Waals surface area contributed by atoms with Gasteiger partial charge in [0.1, 0.15) is 6.54 Å². The summed E-state index contributed by atoms with van der Waals surface area (Å²) in [4.78, 5) is 15.6. The first-order valence-corrected chi connectivity index (χ1v) is 6.63. The normalized spacial score (nSPS) is 14.9. The molecule has 2 rings (SSSR count). The van der Waals surface area contributed by atoms with Crippen molar-refractivity contribution >= 4 is 41.5 Å². The molecule has 1 amide bonds. The average Bonchev–Trinajstić information content (AvgIpc) is 2.36. The monoisotopic (exact) mass is 388 g/mol. The molecule has 0 aromatic heterocycles. The third kappa shape index (κ3) is 5.77. The van der Waals surface area contributed by atoms with Crippen LogP contribution < -0.4 is 16.4 Å². The Morgan fingerprint density at radius 2 is 2.00 bits per heavy atom. The van der Waals surface area contributed by atoms with Gasteiger partial charge in [0.05, 0.1) is 0 Å². The quantitative estimate of drug-likeness (QED) is 0.410. The second kappa shape index (κ2) is 8.78. The van der Waals surface area contributed by atoms with Crippen molar-refractivity contribution in [1.82, 2.24) is 5.32 Å². The lowest BCUT2D eigenvalue weighted by atomic mass is 9.85. The molecule has 1 aromatic carbocycles. The Morgan fingerprint density at radius 1 is 1.30 bits per heavy atom. The van der Waals surface area contributed by atoms with Gasteiger partial charge in [0, 0.05) is 12.2 Å². The molecule has 1 saturated carbocycles. The second-order valence-electron chi connectivity index (χ2n) is 4.79. The van der Waals surface area contributed by atoms with Crippen molar-refractivity contribution in [2.24, 2.45) is 16.6 Å². The van der Waals surface area contributed by atoms with Gasteiger partial charge in [-0.3, -0.25) is 4.79 Å². The zero-order valence-corrected chi connectivity index (χ0v) is 13.7. The molecule has 0 aliphatic heterocycles. The van der Waals surface area contributed by atoms with Crippen LogP contribution in [0.2, 0.25) is 0 Å². The number of benzene rings is 1. The van der Waals surface area contributed by atoms with Crippen molar-refractivity contribution in [1.29, 1.82) is 0 Å². The Morgan fingerprint density at radius 3 is 2.60 bits per heavy atom. The van der Waals surface area contributed by atoms with E-state index in [9.17, 15) is 4.79 Å². The number of anilines is 1. The van der Waals surface area contributed by atoms with Gasteiger partial charge in [-0.2, -0.15) is 0 Å². The highest BCUT2D eigenvalue weighted by molar-refractivity contribution is 14.0. The predicted molar refractivity (Wildman–Crippen MR) is 92.3 cm³/mol. The standard InChI is InChI=1S/C14H20N4O.HI/c15-14(16-9-11-5-4-6-11)17-10-13(19)18-12-7-2-1-3-8-12;/h1-3,7-8,11H,4-6,9-10H2,(H,18,19)(H3,15,16,17);1H. The fraction of sp³-hybridized carbons (Fsp3) is 0.429. The minimum atomic E-state index is -0.167. The maximum Gasteiger partial charge on any atom is 0.246 e. The minimum Gasteiger partial charge on any atom is -0.370 e. The third-order valence-corrected chi connectivity index (χ3v) is 3.25. The van der Waals surface area contributed by atoms with Crippen molar-refractivity contribution in [2.45, 2.75) is 19.3 Å². The zero-order chi connectivity index (χ0) is 13.5. The predicted octanol–water partition coefficient (Wildman–Crippen LogP) is 1.95. The van der Waals surface area contributed by atoms with Gasteiger partial charge in [0.15, 0.2) is 5.96 Å². The fourth-order valence-electron chi connectivity index (χ4n) is 1.88. The number of hydrogen-bond acceptors (Lipinski definition) is 2. The summed E-state index contributed by atoms with van der Waals surface area (Å²) >= 11 is 0. The summed E-state index contributed by atoms with van der Waals surface area (Å²) in [5.41, 5.74) is 6.47. The van der Waals surface area contributed by atoms with Gasteiger partial charge in [-0.25, -0.2) is 4.99 Å². The Balaban J connectivity index is 0.00000200. The van der Waals surface area contributed by atoms with Gasteiger partial charge in [0.25, 0.3) is 0 Å². The van der Waals surface area contributed by atoms with Gasteiger partial charge in [-0.05, 0) is 30.9 Å². The number of guanidine groups is 1. The van der Waals surface area contributed by atoms with Crippen LogP contribution in [0.25, 0.3) is 0 Å². The molecule has 0 radical (unpaired) electrons. The summed E-state index contributed by atoms with van der Waals surface area (Å²) in [5, 5.41) is 5.81. The molecule has 0 unspecified atom stereocenters. The summed E-state index contributed by atoms with van der Waals surface area (Å²) in [7, 11) is 0. The van der Waals surface area contributed by atoms with Crippen molar-refractivity contribution in [3.63, 3.8) is 0 Å². The number of aliphatic imine (C=N–C) groups is 1. The molecule has 0 heterocycles. The summed E-state index contributed by atoms with van der Waals surface area (Å²) in [6, 6.07) is 9.30. The molecule has 1 aliphatic carbocycles. The van der Waals surface area contributed by atoms with Crippen molar-refractivity contribution < 1.29 is 4.79 Å². The molecule has 0 spiro atoms. The van der Waals surface area contributed by atoms with E-state index in [4.69, 9.17) is 5.73 Å². The molecular formula is C14H21IN4O. The van der Waals surface area contributed by atoms with E-state index in [1.807, 2.05) is 30.3 Å². The SMILES string of the molecule is I.NC(=NCC(=O)Nc1ccccc1)NCC1CCC1. The maximum absolute atomic E-state index is 11.6. The van der Waals surface area contributed by atoms with Crippen molar-refractivity contribution in [3.8, 4) is 0 Å². The summed E-state index contributed by atoms with van der Waals surface area (Å²) < 4.78 is 0. The van der Waals surface area contributed by atoms with Gasteiger partial charge in [-0.1, -0.05) is 24.6 Å². The lowest BCUT2D eigenvalue weighted by Gasteiger charge is -2.25. The Bertz CT molecular complexity index is 446. The Labute approximate surface area is 136 Å². The van der Waals surface area contributed by atoms with Crippen LogP contribution in [0.1, 0.15) is 19.3 Å².